The van der Waals surface area contributed by atoms with Crippen LogP contribution in [0, 0.1) is 6.92 Å². The highest BCUT2D eigenvalue weighted by molar-refractivity contribution is 8.01. The van der Waals surface area contributed by atoms with E-state index in [1.807, 2.05) is 0 Å². The van der Waals surface area contributed by atoms with Crippen molar-refractivity contribution >= 4 is 87.2 Å². The molecule has 0 aliphatic carbocycles. The molecule has 1 fully saturated rings. The van der Waals surface area contributed by atoms with Gasteiger partial charge < -0.3 is 21.0 Å². The maximum atomic E-state index is 12.9. The molecule has 1 saturated heterocycles. The Kier molecular flexibility index (Phi) is 8.40. The van der Waals surface area contributed by atoms with E-state index >= 15 is 0 Å². The van der Waals surface area contributed by atoms with E-state index in [9.17, 15) is 19.5 Å². The number of nitrogens with one attached hydrogen (secondary N) is 1. The number of β-lactam (4-membered cyclic amide) rings is 1. The molecule has 2 atom stereocenters. The number of nitrogens with zero attached hydrogens (tertiary/aromatic N) is 5. The molecular formula is C17H18ClN7O5S4. The number of hydrogen-bond donors (Lipinski definition) is 3. The number of thioether (sulfide) groups is 2. The number of anilines is 1. The van der Waals surface area contributed by atoms with Gasteiger partial charge in [0.2, 0.25) is 0 Å². The number of nitrogens with two attached hydrogens (primary N) is 1. The van der Waals surface area contributed by atoms with Gasteiger partial charge in [-0.05, 0) is 12.5 Å². The molecule has 4 rings (SSSR count). The highest BCUT2D eigenvalue weighted by Gasteiger charge is 2.54. The van der Waals surface area contributed by atoms with Crippen LogP contribution in [0.2, 0.25) is 0 Å². The fraction of sp³-hybridized carbons (Fsp3) is 0.353. The van der Waals surface area contributed by atoms with Crippen LogP contribution >= 0.6 is 58.6 Å². The highest BCUT2D eigenvalue weighted by atomic mass is 35.5. The zero-order valence-corrected chi connectivity index (χ0v) is 21.7. The number of aromatic nitrogens is 3. The Morgan fingerprint density at radius 1 is 1.47 bits per heavy atom. The quantitative estimate of drug-likeness (QED) is 0.182. The summed E-state index contributed by atoms with van der Waals surface area (Å²) in [5, 5.41) is 23.6. The minimum absolute atomic E-state index is 0. The lowest BCUT2D eigenvalue weighted by atomic mass is 10.0. The first-order chi connectivity index (χ1) is 15.8. The number of nitrogen functional groups attached to an aromatic ring is 1. The molecule has 2 aromatic heterocycles. The molecule has 0 saturated carbocycles. The predicted molar refractivity (Wildman–Crippen MR) is 132 cm³/mol. The molecule has 2 aliphatic rings. The van der Waals surface area contributed by atoms with Crippen LogP contribution in [-0.2, 0) is 19.2 Å². The summed E-state index contributed by atoms with van der Waals surface area (Å²) in [5.74, 6) is -1.60. The van der Waals surface area contributed by atoms with Crippen LogP contribution in [-0.4, -0.2) is 78.7 Å². The Hall–Kier alpha value is -2.40. The Morgan fingerprint density at radius 3 is 2.82 bits per heavy atom. The average molecular weight is 564 g/mol. The van der Waals surface area contributed by atoms with Gasteiger partial charge in [-0.2, -0.15) is 0 Å². The van der Waals surface area contributed by atoms with Crippen molar-refractivity contribution in [1.29, 1.82) is 0 Å². The maximum absolute atomic E-state index is 12.9. The second-order valence-electron chi connectivity index (χ2n) is 6.69. The molecule has 2 aromatic rings. The lowest BCUT2D eigenvalue weighted by Crippen LogP contribution is -2.71. The molecule has 34 heavy (non-hydrogen) atoms. The maximum Gasteiger partial charge on any atom is 0.352 e. The number of carboxylic acid groups (broad SMARTS) is 1. The normalized spacial score (nSPS) is 19.8. The van der Waals surface area contributed by atoms with E-state index in [0.29, 0.717) is 26.3 Å². The van der Waals surface area contributed by atoms with Gasteiger partial charge in [0, 0.05) is 16.4 Å². The lowest BCUT2D eigenvalue weighted by Gasteiger charge is -2.49. The molecule has 0 radical (unpaired) electrons. The van der Waals surface area contributed by atoms with Crippen molar-refractivity contribution in [2.24, 2.45) is 5.16 Å². The smallest absolute Gasteiger partial charge is 0.352 e. The van der Waals surface area contributed by atoms with E-state index in [0.717, 1.165) is 0 Å². The fourth-order valence-electron chi connectivity index (χ4n) is 3.30. The molecule has 4 N–H and O–H groups in total. The minimum Gasteiger partial charge on any atom is -0.477 e. The van der Waals surface area contributed by atoms with E-state index < -0.39 is 29.2 Å². The minimum atomic E-state index is -1.19. The molecule has 12 nitrogen and oxygen atoms in total. The fourth-order valence-corrected chi connectivity index (χ4v) is 6.96. The Labute approximate surface area is 215 Å². The number of rotatable bonds is 8. The average Bonchev–Trinajstić information content (AvgIpc) is 3.42. The van der Waals surface area contributed by atoms with Crippen molar-refractivity contribution in [3.8, 4) is 0 Å². The van der Waals surface area contributed by atoms with Crippen LogP contribution in [0.1, 0.15) is 10.6 Å². The number of hydrogen-bond acceptors (Lipinski definition) is 13. The molecular weight excluding hydrogens is 546 g/mol. The number of carbonyl (C=O) groups excluding carboxylic acids is 2. The second-order valence-corrected chi connectivity index (χ2v) is 11.1. The van der Waals surface area contributed by atoms with Gasteiger partial charge in [-0.1, -0.05) is 28.3 Å². The third-order valence-electron chi connectivity index (χ3n) is 4.68. The van der Waals surface area contributed by atoms with Gasteiger partial charge in [0.25, 0.3) is 11.8 Å². The molecule has 4 heterocycles. The van der Waals surface area contributed by atoms with Gasteiger partial charge in [0.05, 0.1) is 0 Å². The van der Waals surface area contributed by atoms with Gasteiger partial charge in [-0.15, -0.1) is 45.7 Å². The summed E-state index contributed by atoms with van der Waals surface area (Å²) < 4.78 is 0.711. The summed E-state index contributed by atoms with van der Waals surface area (Å²) in [5.41, 5.74) is 8.02. The highest BCUT2D eigenvalue weighted by Crippen LogP contribution is 2.41. The number of fused-ring (bicyclic) bond motifs is 1. The lowest BCUT2D eigenvalue weighted by molar-refractivity contribution is -0.150. The first-order valence-electron chi connectivity index (χ1n) is 9.26. The van der Waals surface area contributed by atoms with E-state index in [-0.39, 0.29) is 34.6 Å². The Balaban J connectivity index is 0.00000324. The van der Waals surface area contributed by atoms with Crippen molar-refractivity contribution < 1.29 is 24.3 Å². The number of carbonyl (C=O) groups is 3. The number of amides is 2. The summed E-state index contributed by atoms with van der Waals surface area (Å²) in [6.45, 7) is 1.74. The standard InChI is InChI=1S/C17H17N7O5S4.ClH/c1-6-8(21-16(18)33-6)9(23-29-2)12(25)20-10-13(26)24-11(15(27)28)7(3-30-14(10)24)4-31-17-22-19-5-32-17;/h5,10,14H,3-4H2,1-2H3,(H2,18,21)(H,20,25)(H,27,28);1H/t10?,14-;/m0./s1. The van der Waals surface area contributed by atoms with Crippen molar-refractivity contribution in [2.75, 3.05) is 24.3 Å². The predicted octanol–water partition coefficient (Wildman–Crippen LogP) is 1.19. The third kappa shape index (κ3) is 5.00. The summed E-state index contributed by atoms with van der Waals surface area (Å²) in [6, 6.07) is -0.910. The Morgan fingerprint density at radius 2 is 2.24 bits per heavy atom. The molecule has 1 unspecified atom stereocenters. The molecule has 182 valence electrons. The molecule has 0 bridgehead atoms. The first-order valence-corrected chi connectivity index (χ1v) is 13.0. The van der Waals surface area contributed by atoms with E-state index in [4.69, 9.17) is 10.6 Å². The molecule has 17 heteroatoms. The number of aryl methyl sites for hydroxylation is 1. The molecule has 0 aromatic carbocycles. The number of thiazole rings is 1. The van der Waals surface area contributed by atoms with Gasteiger partial charge in [-0.3, -0.25) is 14.5 Å². The summed E-state index contributed by atoms with van der Waals surface area (Å²) in [6.07, 6.45) is 0. The van der Waals surface area contributed by atoms with Crippen LogP contribution < -0.4 is 11.1 Å². The number of halogens is 1. The number of carboxylic acids is 1. The summed E-state index contributed by atoms with van der Waals surface area (Å²) in [7, 11) is 1.29. The molecule has 0 spiro atoms. The van der Waals surface area contributed by atoms with Crippen molar-refractivity contribution in [3.05, 3.63) is 27.4 Å². The van der Waals surface area contributed by atoms with Crippen LogP contribution in [0.5, 0.6) is 0 Å². The second kappa shape index (κ2) is 10.9. The monoisotopic (exact) mass is 563 g/mol. The van der Waals surface area contributed by atoms with Crippen LogP contribution in [0.4, 0.5) is 5.13 Å². The van der Waals surface area contributed by atoms with Crippen molar-refractivity contribution in [1.82, 2.24) is 25.4 Å². The van der Waals surface area contributed by atoms with Crippen LogP contribution in [0.25, 0.3) is 0 Å². The van der Waals surface area contributed by atoms with E-state index in [1.165, 1.54) is 58.2 Å². The van der Waals surface area contributed by atoms with Crippen molar-refractivity contribution in [3.63, 3.8) is 0 Å². The molecule has 2 aliphatic heterocycles. The van der Waals surface area contributed by atoms with Gasteiger partial charge in [-0.25, -0.2) is 9.78 Å². The van der Waals surface area contributed by atoms with E-state index in [1.54, 1.807) is 12.4 Å². The van der Waals surface area contributed by atoms with Gasteiger partial charge >= 0.3 is 5.97 Å². The van der Waals surface area contributed by atoms with Crippen LogP contribution in [0.15, 0.2) is 26.3 Å². The topological polar surface area (TPSA) is 173 Å². The van der Waals surface area contributed by atoms with E-state index in [2.05, 4.69) is 25.7 Å². The summed E-state index contributed by atoms with van der Waals surface area (Å²) in [4.78, 5) is 48.6. The first kappa shape index (κ1) is 26.2. The zero-order valence-electron chi connectivity index (χ0n) is 17.6. The molecule has 2 amide bonds. The Bertz CT molecular complexity index is 1170. The van der Waals surface area contributed by atoms with Crippen LogP contribution in [0.3, 0.4) is 0 Å². The largest absolute Gasteiger partial charge is 0.477 e. The van der Waals surface area contributed by atoms with Crippen molar-refractivity contribution in [2.45, 2.75) is 22.7 Å². The zero-order chi connectivity index (χ0) is 23.7. The van der Waals surface area contributed by atoms with Gasteiger partial charge in [0.15, 0.2) is 15.2 Å². The number of aliphatic carboxylic acids is 1. The van der Waals surface area contributed by atoms with Gasteiger partial charge in [0.1, 0.15) is 35.4 Å². The third-order valence-corrected chi connectivity index (χ3v) is 8.77. The SMILES string of the molecule is CON=C(C(=O)NC1C(=O)N2C(C(=O)O)=C(CSc3nncs3)CS[C@@H]12)c1nc(N)sc1C.Cl. The number of oxime groups is 1. The summed E-state index contributed by atoms with van der Waals surface area (Å²) >= 11 is 5.29.